The van der Waals surface area contributed by atoms with Gasteiger partial charge in [-0.1, -0.05) is 48.5 Å². The third-order valence-electron chi connectivity index (χ3n) is 15.8. The highest BCUT2D eigenvalue weighted by molar-refractivity contribution is 5.68. The van der Waals surface area contributed by atoms with Crippen molar-refractivity contribution in [3.8, 4) is 0 Å². The molecular formula is C43H74O14. The van der Waals surface area contributed by atoms with Gasteiger partial charge < -0.3 is 62.7 Å². The summed E-state index contributed by atoms with van der Waals surface area (Å²) in [5.41, 5.74) is -1.31. The van der Waals surface area contributed by atoms with E-state index in [1.54, 1.807) is 42.3 Å². The van der Waals surface area contributed by atoms with Gasteiger partial charge in [-0.25, -0.2) is 0 Å². The number of carboxylic acid groups (broad SMARTS) is 1. The van der Waals surface area contributed by atoms with Crippen molar-refractivity contribution in [3.05, 3.63) is 0 Å². The second-order valence-corrected chi connectivity index (χ2v) is 19.5. The number of hydrogen-bond acceptors (Lipinski definition) is 13. The molecule has 0 aromatic rings. The van der Waals surface area contributed by atoms with Crippen LogP contribution in [0.3, 0.4) is 0 Å². The van der Waals surface area contributed by atoms with Crippen LogP contribution in [0.1, 0.15) is 108 Å². The van der Waals surface area contributed by atoms with Crippen molar-refractivity contribution in [2.24, 2.45) is 41.4 Å². The average molecular weight is 815 g/mol. The number of hydrogen-bond donors (Lipinski definition) is 3. The molecule has 57 heavy (non-hydrogen) atoms. The van der Waals surface area contributed by atoms with E-state index >= 15 is 0 Å². The van der Waals surface area contributed by atoms with E-state index in [0.29, 0.717) is 19.3 Å². The van der Waals surface area contributed by atoms with E-state index in [4.69, 9.17) is 47.4 Å². The molecule has 6 fully saturated rings. The standard InChI is InChI=1S/C43H74O14/c1-21-28(48-11)19-42(55-31(21)22(2)32-23(3)34(50-13)27(7)43(47,56-32)20-30(44)45)18-17-39(8,57-42)29-15-16-40(9,53-29)38-25(5)35(51-14)37(52-38)36-24(4)33(49-12)26(6)41(10,46)54-36/h21-29,31-38,46-47H,15-20H2,1-14H3,(H,44,45)/t21-,22-,23+,24+,25+,26-,27-,28+,29-,31+,32-,33+,34+,35-,36+,37-,38-,39+,40+,41+,42-,43+/m1/s1. The highest BCUT2D eigenvalue weighted by Crippen LogP contribution is 2.55. The molecule has 6 aliphatic rings. The molecule has 6 heterocycles. The van der Waals surface area contributed by atoms with Crippen molar-refractivity contribution >= 4 is 5.97 Å². The highest BCUT2D eigenvalue weighted by Gasteiger charge is 2.64. The molecule has 0 bridgehead atoms. The Bertz CT molecular complexity index is 1420. The zero-order chi connectivity index (χ0) is 42.2. The van der Waals surface area contributed by atoms with Crippen LogP contribution in [0.5, 0.6) is 0 Å². The van der Waals surface area contributed by atoms with Crippen molar-refractivity contribution in [1.29, 1.82) is 0 Å². The summed E-state index contributed by atoms with van der Waals surface area (Å²) in [7, 11) is 6.69. The largest absolute Gasteiger partial charge is 0.481 e. The van der Waals surface area contributed by atoms with Gasteiger partial charge in [0.15, 0.2) is 17.4 Å². The lowest BCUT2D eigenvalue weighted by Crippen LogP contribution is -2.63. The molecule has 22 atom stereocenters. The topological polar surface area (TPSA) is 170 Å². The molecule has 0 aromatic heterocycles. The number of aliphatic carboxylic acids is 1. The van der Waals surface area contributed by atoms with Gasteiger partial charge >= 0.3 is 5.97 Å². The van der Waals surface area contributed by atoms with Gasteiger partial charge in [-0.05, 0) is 40.0 Å². The molecule has 0 aliphatic carbocycles. The molecule has 1 spiro atoms. The van der Waals surface area contributed by atoms with Crippen LogP contribution in [0.2, 0.25) is 0 Å². The van der Waals surface area contributed by atoms with Crippen LogP contribution in [0.4, 0.5) is 0 Å². The molecule has 6 aliphatic heterocycles. The van der Waals surface area contributed by atoms with E-state index in [-0.39, 0.29) is 66.0 Å². The van der Waals surface area contributed by atoms with Crippen LogP contribution in [0.25, 0.3) is 0 Å². The molecule has 6 saturated heterocycles. The number of carboxylic acids is 1. The number of rotatable bonds is 11. The van der Waals surface area contributed by atoms with Crippen molar-refractivity contribution in [1.82, 2.24) is 0 Å². The Morgan fingerprint density at radius 2 is 1.32 bits per heavy atom. The van der Waals surface area contributed by atoms with Gasteiger partial charge in [-0.3, -0.25) is 4.79 Å². The predicted octanol–water partition coefficient (Wildman–Crippen LogP) is 4.93. The molecule has 330 valence electrons. The minimum Gasteiger partial charge on any atom is -0.481 e. The maximum absolute atomic E-state index is 11.9. The minimum absolute atomic E-state index is 0.0281. The first-order chi connectivity index (χ1) is 26.5. The van der Waals surface area contributed by atoms with Crippen LogP contribution in [0, 0.1) is 41.4 Å². The van der Waals surface area contributed by atoms with Gasteiger partial charge in [0, 0.05) is 82.7 Å². The van der Waals surface area contributed by atoms with Crippen molar-refractivity contribution in [2.45, 2.75) is 197 Å². The predicted molar refractivity (Wildman–Crippen MR) is 207 cm³/mol. The Morgan fingerprint density at radius 3 is 1.91 bits per heavy atom. The lowest BCUT2D eigenvalue weighted by molar-refractivity contribution is -0.358. The third kappa shape index (κ3) is 7.88. The quantitative estimate of drug-likeness (QED) is 0.257. The first-order valence-electron chi connectivity index (χ1n) is 21.4. The molecule has 0 saturated carbocycles. The molecule has 0 amide bonds. The maximum atomic E-state index is 11.9. The summed E-state index contributed by atoms with van der Waals surface area (Å²) in [4.78, 5) is 11.9. The number of methoxy groups -OCH3 is 4. The van der Waals surface area contributed by atoms with Gasteiger partial charge in [0.2, 0.25) is 0 Å². The van der Waals surface area contributed by atoms with Crippen LogP contribution >= 0.6 is 0 Å². The third-order valence-corrected chi connectivity index (χ3v) is 15.8. The van der Waals surface area contributed by atoms with E-state index < -0.39 is 77.4 Å². The Kier molecular flexibility index (Phi) is 13.1. The van der Waals surface area contributed by atoms with Crippen LogP contribution in [-0.2, 0) is 52.2 Å². The normalized spacial score (nSPS) is 55.0. The molecule has 0 aromatic carbocycles. The maximum Gasteiger partial charge on any atom is 0.308 e. The average Bonchev–Trinajstić information content (AvgIpc) is 3.82. The molecule has 3 N–H and O–H groups in total. The zero-order valence-corrected chi connectivity index (χ0v) is 36.9. The Balaban J connectivity index is 1.19. The summed E-state index contributed by atoms with van der Waals surface area (Å²) in [5, 5.41) is 32.6. The summed E-state index contributed by atoms with van der Waals surface area (Å²) >= 11 is 0. The lowest BCUT2D eigenvalue weighted by Gasteiger charge is -2.54. The molecule has 14 heteroatoms. The minimum atomic E-state index is -1.90. The van der Waals surface area contributed by atoms with Crippen molar-refractivity contribution in [3.63, 3.8) is 0 Å². The molecule has 6 rings (SSSR count). The first kappa shape index (κ1) is 45.5. The summed E-state index contributed by atoms with van der Waals surface area (Å²) in [6.45, 7) is 20.1. The van der Waals surface area contributed by atoms with E-state index in [2.05, 4.69) is 34.6 Å². The van der Waals surface area contributed by atoms with Gasteiger partial charge in [0.05, 0.1) is 72.6 Å². The zero-order valence-electron chi connectivity index (χ0n) is 36.9. The van der Waals surface area contributed by atoms with Crippen molar-refractivity contribution < 1.29 is 67.5 Å². The Labute approximate surface area is 340 Å². The summed E-state index contributed by atoms with van der Waals surface area (Å²) < 4.78 is 65.1. The van der Waals surface area contributed by atoms with Gasteiger partial charge in [-0.2, -0.15) is 0 Å². The fraction of sp³-hybridized carbons (Fsp3) is 0.977. The lowest BCUT2D eigenvalue weighted by atomic mass is 9.72. The van der Waals surface area contributed by atoms with Crippen LogP contribution in [-0.4, -0.2) is 139 Å². The van der Waals surface area contributed by atoms with E-state index in [1.165, 1.54) is 0 Å². The Morgan fingerprint density at radius 1 is 0.702 bits per heavy atom. The Hall–Kier alpha value is -1.01. The van der Waals surface area contributed by atoms with E-state index in [0.717, 1.165) is 12.8 Å². The molecular weight excluding hydrogens is 740 g/mol. The summed E-state index contributed by atoms with van der Waals surface area (Å²) in [5.74, 6) is -6.75. The molecule has 14 nitrogen and oxygen atoms in total. The van der Waals surface area contributed by atoms with E-state index in [9.17, 15) is 20.1 Å². The summed E-state index contributed by atoms with van der Waals surface area (Å²) in [6.07, 6.45) is -0.662. The van der Waals surface area contributed by atoms with E-state index in [1.807, 2.05) is 20.8 Å². The van der Waals surface area contributed by atoms with Crippen molar-refractivity contribution in [2.75, 3.05) is 28.4 Å². The van der Waals surface area contributed by atoms with Gasteiger partial charge in [-0.15, -0.1) is 0 Å². The van der Waals surface area contributed by atoms with Gasteiger partial charge in [0.25, 0.3) is 0 Å². The summed E-state index contributed by atoms with van der Waals surface area (Å²) in [6, 6.07) is 0. The monoisotopic (exact) mass is 815 g/mol. The number of ether oxygens (including phenoxy) is 10. The fourth-order valence-corrected chi connectivity index (χ4v) is 12.2. The van der Waals surface area contributed by atoms with Gasteiger partial charge in [0.1, 0.15) is 6.10 Å². The fourth-order valence-electron chi connectivity index (χ4n) is 12.2. The second kappa shape index (κ2) is 16.4. The smallest absolute Gasteiger partial charge is 0.308 e. The number of aliphatic hydroxyl groups is 2. The second-order valence-electron chi connectivity index (χ2n) is 19.5. The SMILES string of the molecule is CO[C@@H]1[C@H](C)[C@H]([C@]2(C)CC[C@H]([C@]3(C)CC[C@]4(C[C@H](OC)[C@@H](C)[C@@H]([C@@H](C)[C@H]5O[C@@](O)(CC(=O)O)[C@H](C)[C@@H](OC)[C@H]5C)O4)O3)O2)O[C@H]1[C@H]1O[C@](C)(O)[C@H](C)[C@@H](OC)[C@@H]1C. The van der Waals surface area contributed by atoms with Crippen LogP contribution < -0.4 is 0 Å². The highest BCUT2D eigenvalue weighted by atomic mass is 16.7. The number of carbonyl (C=O) groups is 1. The molecule has 0 unspecified atom stereocenters. The van der Waals surface area contributed by atoms with Crippen LogP contribution in [0.15, 0.2) is 0 Å². The molecule has 0 radical (unpaired) electrons. The first-order valence-corrected chi connectivity index (χ1v) is 21.4.